The van der Waals surface area contributed by atoms with E-state index in [1.54, 1.807) is 0 Å². The molecule has 0 unspecified atom stereocenters. The van der Waals surface area contributed by atoms with Gasteiger partial charge in [0, 0.05) is 25.2 Å². The van der Waals surface area contributed by atoms with E-state index in [-0.39, 0.29) is 29.1 Å². The largest absolute Gasteiger partial charge is 0.481 e. The van der Waals surface area contributed by atoms with Crippen LogP contribution in [0.2, 0.25) is 5.02 Å². The average Bonchev–Trinajstić information content (AvgIpc) is 2.62. The van der Waals surface area contributed by atoms with E-state index >= 15 is 0 Å². The molecule has 0 spiro atoms. The third-order valence-electron chi connectivity index (χ3n) is 4.23. The molecule has 0 aliphatic carbocycles. The second-order valence-corrected chi connectivity index (χ2v) is 6.22. The first kappa shape index (κ1) is 16.4. The Morgan fingerprint density at radius 2 is 1.96 bits per heavy atom. The van der Waals surface area contributed by atoms with E-state index in [4.69, 9.17) is 11.6 Å². The van der Waals surface area contributed by atoms with Crippen LogP contribution in [0.15, 0.2) is 42.9 Å². The summed E-state index contributed by atoms with van der Waals surface area (Å²) in [7, 11) is 0. The van der Waals surface area contributed by atoms with E-state index in [1.807, 2.05) is 30.3 Å². The molecule has 1 N–H and O–H groups in total. The van der Waals surface area contributed by atoms with Crippen LogP contribution in [-0.2, 0) is 4.79 Å². The molecule has 1 saturated heterocycles. The highest BCUT2D eigenvalue weighted by Crippen LogP contribution is 2.31. The SMILES string of the molecule is O=C(O)[C@H]1C[C@H](c2ccccc2)CN(C(=O)c2ncncc2Cl)C1. The van der Waals surface area contributed by atoms with E-state index in [9.17, 15) is 14.7 Å². The van der Waals surface area contributed by atoms with Gasteiger partial charge in [-0.05, 0) is 12.0 Å². The molecule has 6 nitrogen and oxygen atoms in total. The third kappa shape index (κ3) is 3.38. The first-order valence-electron chi connectivity index (χ1n) is 7.58. The van der Waals surface area contributed by atoms with Gasteiger partial charge in [0.25, 0.3) is 5.91 Å². The van der Waals surface area contributed by atoms with Gasteiger partial charge in [0.1, 0.15) is 12.0 Å². The minimum atomic E-state index is -0.901. The van der Waals surface area contributed by atoms with Crippen molar-refractivity contribution in [3.05, 3.63) is 59.1 Å². The number of halogens is 1. The quantitative estimate of drug-likeness (QED) is 0.923. The summed E-state index contributed by atoms with van der Waals surface area (Å²) in [5, 5.41) is 9.60. The van der Waals surface area contributed by atoms with Crippen LogP contribution in [-0.4, -0.2) is 44.9 Å². The molecule has 1 amide bonds. The van der Waals surface area contributed by atoms with E-state index in [0.717, 1.165) is 5.56 Å². The van der Waals surface area contributed by atoms with Gasteiger partial charge in [-0.2, -0.15) is 0 Å². The molecule has 0 radical (unpaired) electrons. The van der Waals surface area contributed by atoms with Crippen LogP contribution in [0.1, 0.15) is 28.4 Å². The second kappa shape index (κ2) is 6.97. The van der Waals surface area contributed by atoms with Crippen molar-refractivity contribution in [1.82, 2.24) is 14.9 Å². The molecule has 124 valence electrons. The predicted octanol–water partition coefficient (Wildman–Crippen LogP) is 2.46. The van der Waals surface area contributed by atoms with Crippen molar-refractivity contribution in [2.45, 2.75) is 12.3 Å². The van der Waals surface area contributed by atoms with Gasteiger partial charge >= 0.3 is 5.97 Å². The topological polar surface area (TPSA) is 83.4 Å². The number of hydrogen-bond donors (Lipinski definition) is 1. The molecule has 1 aromatic carbocycles. The molecule has 3 rings (SSSR count). The van der Waals surface area contributed by atoms with Crippen molar-refractivity contribution in [2.75, 3.05) is 13.1 Å². The van der Waals surface area contributed by atoms with Gasteiger partial charge < -0.3 is 10.0 Å². The van der Waals surface area contributed by atoms with Gasteiger partial charge in [0.05, 0.1) is 10.9 Å². The van der Waals surface area contributed by atoms with Crippen molar-refractivity contribution in [3.63, 3.8) is 0 Å². The van der Waals surface area contributed by atoms with E-state index in [2.05, 4.69) is 9.97 Å². The summed E-state index contributed by atoms with van der Waals surface area (Å²) in [4.78, 5) is 33.5. The highest BCUT2D eigenvalue weighted by Gasteiger charge is 2.35. The Morgan fingerprint density at radius 1 is 1.21 bits per heavy atom. The Hall–Kier alpha value is -2.47. The lowest BCUT2D eigenvalue weighted by Gasteiger charge is -2.36. The van der Waals surface area contributed by atoms with Crippen LogP contribution < -0.4 is 0 Å². The van der Waals surface area contributed by atoms with Crippen molar-refractivity contribution < 1.29 is 14.7 Å². The lowest BCUT2D eigenvalue weighted by molar-refractivity contribution is -0.143. The first-order valence-corrected chi connectivity index (χ1v) is 7.96. The fraction of sp³-hybridized carbons (Fsp3) is 0.294. The number of benzene rings is 1. The Labute approximate surface area is 144 Å². The lowest BCUT2D eigenvalue weighted by atomic mass is 9.84. The highest BCUT2D eigenvalue weighted by atomic mass is 35.5. The van der Waals surface area contributed by atoms with Gasteiger partial charge in [-0.15, -0.1) is 0 Å². The summed E-state index contributed by atoms with van der Waals surface area (Å²) < 4.78 is 0. The van der Waals surface area contributed by atoms with Crippen molar-refractivity contribution in [3.8, 4) is 0 Å². The van der Waals surface area contributed by atoms with Crippen LogP contribution >= 0.6 is 11.6 Å². The lowest BCUT2D eigenvalue weighted by Crippen LogP contribution is -2.45. The second-order valence-electron chi connectivity index (χ2n) is 5.81. The molecule has 1 aliphatic rings. The summed E-state index contributed by atoms with van der Waals surface area (Å²) in [6.07, 6.45) is 3.11. The molecule has 24 heavy (non-hydrogen) atoms. The van der Waals surface area contributed by atoms with Crippen molar-refractivity contribution in [2.24, 2.45) is 5.92 Å². The smallest absolute Gasteiger partial charge is 0.308 e. The maximum atomic E-state index is 12.7. The highest BCUT2D eigenvalue weighted by molar-refractivity contribution is 6.33. The number of likely N-dealkylation sites (tertiary alicyclic amines) is 1. The number of hydrogen-bond acceptors (Lipinski definition) is 4. The summed E-state index contributed by atoms with van der Waals surface area (Å²) >= 11 is 6.00. The Kier molecular flexibility index (Phi) is 4.76. The Balaban J connectivity index is 1.88. The van der Waals surface area contributed by atoms with Gasteiger partial charge in [0.2, 0.25) is 0 Å². The maximum Gasteiger partial charge on any atom is 0.308 e. The number of aliphatic carboxylic acids is 1. The molecule has 0 bridgehead atoms. The Morgan fingerprint density at radius 3 is 2.62 bits per heavy atom. The number of carboxylic acid groups (broad SMARTS) is 1. The summed E-state index contributed by atoms with van der Waals surface area (Å²) in [5.74, 6) is -1.92. The average molecular weight is 346 g/mol. The number of piperidine rings is 1. The Bertz CT molecular complexity index is 754. The fourth-order valence-electron chi connectivity index (χ4n) is 3.03. The zero-order valence-corrected chi connectivity index (χ0v) is 13.6. The van der Waals surface area contributed by atoms with Crippen molar-refractivity contribution in [1.29, 1.82) is 0 Å². The minimum Gasteiger partial charge on any atom is -0.481 e. The normalized spacial score (nSPS) is 20.6. The summed E-state index contributed by atoms with van der Waals surface area (Å²) in [6.45, 7) is 0.588. The molecule has 7 heteroatoms. The van der Waals surface area contributed by atoms with Crippen LogP contribution in [0, 0.1) is 5.92 Å². The van der Waals surface area contributed by atoms with Crippen LogP contribution in [0.3, 0.4) is 0 Å². The monoisotopic (exact) mass is 345 g/mol. The molecule has 1 aliphatic heterocycles. The number of carbonyl (C=O) groups is 2. The molecule has 0 saturated carbocycles. The summed E-state index contributed by atoms with van der Waals surface area (Å²) in [6, 6.07) is 9.63. The first-order chi connectivity index (χ1) is 11.6. The number of carbonyl (C=O) groups excluding carboxylic acids is 1. The number of aromatic nitrogens is 2. The zero-order chi connectivity index (χ0) is 17.1. The number of rotatable bonds is 3. The molecular weight excluding hydrogens is 330 g/mol. The molecule has 2 heterocycles. The van der Waals surface area contributed by atoms with Crippen LogP contribution in [0.5, 0.6) is 0 Å². The van der Waals surface area contributed by atoms with E-state index in [1.165, 1.54) is 17.4 Å². The van der Waals surface area contributed by atoms with E-state index in [0.29, 0.717) is 13.0 Å². The van der Waals surface area contributed by atoms with Crippen LogP contribution in [0.4, 0.5) is 0 Å². The number of nitrogens with zero attached hydrogens (tertiary/aromatic N) is 3. The number of carboxylic acids is 1. The van der Waals surface area contributed by atoms with Gasteiger partial charge in [-0.3, -0.25) is 9.59 Å². The summed E-state index contributed by atoms with van der Waals surface area (Å²) in [5.41, 5.74) is 1.12. The zero-order valence-electron chi connectivity index (χ0n) is 12.8. The van der Waals surface area contributed by atoms with Crippen LogP contribution in [0.25, 0.3) is 0 Å². The standard InChI is InChI=1S/C17H16ClN3O3/c18-14-7-19-10-20-15(14)16(22)21-8-12(6-13(9-21)17(23)24)11-4-2-1-3-5-11/h1-5,7,10,12-13H,6,8-9H2,(H,23,24)/t12-,13-/m0/s1. The predicted molar refractivity (Wildman–Crippen MR) is 87.9 cm³/mol. The molecule has 1 fully saturated rings. The molecule has 2 aromatic rings. The third-order valence-corrected chi connectivity index (χ3v) is 4.50. The van der Waals surface area contributed by atoms with Gasteiger partial charge in [-0.1, -0.05) is 41.9 Å². The maximum absolute atomic E-state index is 12.7. The molecule has 1 aromatic heterocycles. The van der Waals surface area contributed by atoms with Gasteiger partial charge in [0.15, 0.2) is 0 Å². The fourth-order valence-corrected chi connectivity index (χ4v) is 3.22. The van der Waals surface area contributed by atoms with Crippen molar-refractivity contribution >= 4 is 23.5 Å². The van der Waals surface area contributed by atoms with E-state index < -0.39 is 11.9 Å². The minimum absolute atomic E-state index is 0.0365. The molecule has 2 atom stereocenters. The number of amides is 1. The van der Waals surface area contributed by atoms with Gasteiger partial charge in [-0.25, -0.2) is 9.97 Å². The molecular formula is C17H16ClN3O3.